The van der Waals surface area contributed by atoms with Crippen LogP contribution >= 0.6 is 11.6 Å². The van der Waals surface area contributed by atoms with Gasteiger partial charge in [-0.3, -0.25) is 0 Å². The Morgan fingerprint density at radius 3 is 2.72 bits per heavy atom. The van der Waals surface area contributed by atoms with Crippen molar-refractivity contribution in [2.45, 2.75) is 13.3 Å². The molecule has 1 aromatic rings. The first-order valence-corrected chi connectivity index (χ1v) is 6.32. The molecule has 4 nitrogen and oxygen atoms in total. The number of nitrogens with one attached hydrogen (secondary N) is 2. The summed E-state index contributed by atoms with van der Waals surface area (Å²) in [4.78, 5) is 13.7. The first-order chi connectivity index (χ1) is 8.49. The summed E-state index contributed by atoms with van der Waals surface area (Å²) in [5, 5.41) is 6.29. The van der Waals surface area contributed by atoms with Gasteiger partial charge in [0.05, 0.1) is 0 Å². The fraction of sp³-hybridized carbons (Fsp3) is 0.462. The summed E-state index contributed by atoms with van der Waals surface area (Å²) in [6, 6.07) is 5.20. The molecule has 0 spiro atoms. The van der Waals surface area contributed by atoms with Gasteiger partial charge in [0, 0.05) is 17.3 Å². The first kappa shape index (κ1) is 14.8. The minimum absolute atomic E-state index is 0.181. The van der Waals surface area contributed by atoms with Crippen LogP contribution in [0.5, 0.6) is 0 Å². The normalized spacial score (nSPS) is 10.5. The minimum atomic E-state index is -0.181. The molecular formula is C13H20ClN3O. The largest absolute Gasteiger partial charge is 0.338 e. The molecule has 5 heteroatoms. The van der Waals surface area contributed by atoms with Crippen molar-refractivity contribution in [1.29, 1.82) is 0 Å². The molecule has 1 rings (SSSR count). The zero-order valence-corrected chi connectivity index (χ0v) is 11.8. The lowest BCUT2D eigenvalue weighted by Crippen LogP contribution is -2.31. The van der Waals surface area contributed by atoms with Crippen LogP contribution in [-0.2, 0) is 0 Å². The third-order valence-corrected chi connectivity index (χ3v) is 2.74. The molecule has 0 saturated heterocycles. The lowest BCUT2D eigenvalue weighted by atomic mass is 10.2. The molecule has 1 aromatic carbocycles. The van der Waals surface area contributed by atoms with E-state index in [4.69, 9.17) is 11.6 Å². The summed E-state index contributed by atoms with van der Waals surface area (Å²) in [7, 11) is 4.02. The number of hydrogen-bond donors (Lipinski definition) is 2. The van der Waals surface area contributed by atoms with E-state index in [-0.39, 0.29) is 6.03 Å². The van der Waals surface area contributed by atoms with Gasteiger partial charge in [-0.1, -0.05) is 11.6 Å². The van der Waals surface area contributed by atoms with Crippen LogP contribution < -0.4 is 10.6 Å². The maximum Gasteiger partial charge on any atom is 0.319 e. The van der Waals surface area contributed by atoms with Gasteiger partial charge in [-0.15, -0.1) is 0 Å². The average molecular weight is 270 g/mol. The molecular weight excluding hydrogens is 250 g/mol. The number of amides is 2. The fourth-order valence-electron chi connectivity index (χ4n) is 1.53. The molecule has 0 aliphatic heterocycles. The van der Waals surface area contributed by atoms with E-state index in [0.29, 0.717) is 11.6 Å². The van der Waals surface area contributed by atoms with Crippen molar-refractivity contribution in [3.63, 3.8) is 0 Å². The number of anilines is 1. The molecule has 0 unspecified atom stereocenters. The highest BCUT2D eigenvalue weighted by Crippen LogP contribution is 2.19. The van der Waals surface area contributed by atoms with Gasteiger partial charge in [-0.05, 0) is 57.7 Å². The van der Waals surface area contributed by atoms with Gasteiger partial charge in [0.1, 0.15) is 0 Å². The van der Waals surface area contributed by atoms with E-state index in [1.54, 1.807) is 12.1 Å². The van der Waals surface area contributed by atoms with E-state index in [1.165, 1.54) is 0 Å². The molecule has 2 amide bonds. The van der Waals surface area contributed by atoms with Crippen LogP contribution in [0.3, 0.4) is 0 Å². The summed E-state index contributed by atoms with van der Waals surface area (Å²) in [5.41, 5.74) is 1.73. The molecule has 0 radical (unpaired) electrons. The number of rotatable bonds is 5. The molecule has 18 heavy (non-hydrogen) atoms. The van der Waals surface area contributed by atoms with Crippen LogP contribution in [0.4, 0.5) is 10.5 Å². The Hall–Kier alpha value is -1.26. The topological polar surface area (TPSA) is 44.4 Å². The van der Waals surface area contributed by atoms with Crippen molar-refractivity contribution in [2.24, 2.45) is 0 Å². The van der Waals surface area contributed by atoms with Gasteiger partial charge in [0.15, 0.2) is 0 Å². The lowest BCUT2D eigenvalue weighted by Gasteiger charge is -2.12. The van der Waals surface area contributed by atoms with Gasteiger partial charge >= 0.3 is 6.03 Å². The van der Waals surface area contributed by atoms with Crippen LogP contribution in [0, 0.1) is 6.92 Å². The van der Waals surface area contributed by atoms with Crippen molar-refractivity contribution < 1.29 is 4.79 Å². The maximum atomic E-state index is 11.6. The second kappa shape index (κ2) is 7.24. The third-order valence-electron chi connectivity index (χ3n) is 2.50. The van der Waals surface area contributed by atoms with Crippen molar-refractivity contribution in [2.75, 3.05) is 32.5 Å². The highest BCUT2D eigenvalue weighted by atomic mass is 35.5. The molecule has 0 heterocycles. The number of halogens is 1. The maximum absolute atomic E-state index is 11.6. The smallest absolute Gasteiger partial charge is 0.319 e. The van der Waals surface area contributed by atoms with Gasteiger partial charge in [0.25, 0.3) is 0 Å². The van der Waals surface area contributed by atoms with Crippen molar-refractivity contribution in [1.82, 2.24) is 10.2 Å². The molecule has 0 aliphatic rings. The van der Waals surface area contributed by atoms with Crippen molar-refractivity contribution in [3.05, 3.63) is 28.8 Å². The summed E-state index contributed by atoms with van der Waals surface area (Å²) in [6.45, 7) is 3.53. The highest BCUT2D eigenvalue weighted by Gasteiger charge is 2.04. The average Bonchev–Trinajstić information content (AvgIpc) is 2.28. The summed E-state index contributed by atoms with van der Waals surface area (Å²) in [5.74, 6) is 0. The second-order valence-corrected chi connectivity index (χ2v) is 4.93. The second-order valence-electron chi connectivity index (χ2n) is 4.50. The molecule has 2 N–H and O–H groups in total. The SMILES string of the molecule is Cc1cc(Cl)ccc1NC(=O)NCCCN(C)C. The number of carbonyl (C=O) groups excluding carboxylic acids is 1. The van der Waals surface area contributed by atoms with Crippen LogP contribution in [0.25, 0.3) is 0 Å². The van der Waals surface area contributed by atoms with Gasteiger partial charge in [-0.2, -0.15) is 0 Å². The van der Waals surface area contributed by atoms with E-state index in [9.17, 15) is 4.79 Å². The van der Waals surface area contributed by atoms with Crippen LogP contribution in [-0.4, -0.2) is 38.1 Å². The Kier molecular flexibility index (Phi) is 5.95. The number of benzene rings is 1. The third kappa shape index (κ3) is 5.38. The molecule has 0 aromatic heterocycles. The Labute approximate surface area is 113 Å². The van der Waals surface area contributed by atoms with E-state index in [0.717, 1.165) is 24.2 Å². The van der Waals surface area contributed by atoms with Gasteiger partial charge in [-0.25, -0.2) is 4.79 Å². The van der Waals surface area contributed by atoms with Crippen molar-refractivity contribution in [3.8, 4) is 0 Å². The summed E-state index contributed by atoms with van der Waals surface area (Å²) >= 11 is 5.85. The zero-order valence-electron chi connectivity index (χ0n) is 11.1. The van der Waals surface area contributed by atoms with Crippen LogP contribution in [0.2, 0.25) is 5.02 Å². The number of aryl methyl sites for hydroxylation is 1. The minimum Gasteiger partial charge on any atom is -0.338 e. The predicted octanol–water partition coefficient (Wildman–Crippen LogP) is 2.72. The van der Waals surface area contributed by atoms with E-state index < -0.39 is 0 Å². The van der Waals surface area contributed by atoms with Crippen molar-refractivity contribution >= 4 is 23.3 Å². The number of hydrogen-bond acceptors (Lipinski definition) is 2. The van der Waals surface area contributed by atoms with Crippen LogP contribution in [0.15, 0.2) is 18.2 Å². The Morgan fingerprint density at radius 2 is 2.11 bits per heavy atom. The summed E-state index contributed by atoms with van der Waals surface area (Å²) < 4.78 is 0. The first-order valence-electron chi connectivity index (χ1n) is 5.95. The Morgan fingerprint density at radius 1 is 1.39 bits per heavy atom. The molecule has 100 valence electrons. The van der Waals surface area contributed by atoms with Gasteiger partial charge in [0.2, 0.25) is 0 Å². The molecule has 0 aliphatic carbocycles. The number of nitrogens with zero attached hydrogens (tertiary/aromatic N) is 1. The van der Waals surface area contributed by atoms with E-state index >= 15 is 0 Å². The zero-order chi connectivity index (χ0) is 13.5. The Balaban J connectivity index is 2.35. The Bertz CT molecular complexity index is 407. The molecule has 0 fully saturated rings. The quantitative estimate of drug-likeness (QED) is 0.808. The predicted molar refractivity (Wildman–Crippen MR) is 76.4 cm³/mol. The molecule has 0 atom stereocenters. The highest BCUT2D eigenvalue weighted by molar-refractivity contribution is 6.30. The van der Waals surface area contributed by atoms with E-state index in [2.05, 4.69) is 15.5 Å². The molecule has 0 bridgehead atoms. The van der Waals surface area contributed by atoms with E-state index in [1.807, 2.05) is 27.1 Å². The summed E-state index contributed by atoms with van der Waals surface area (Å²) in [6.07, 6.45) is 0.931. The van der Waals surface area contributed by atoms with Gasteiger partial charge < -0.3 is 15.5 Å². The fourth-order valence-corrected chi connectivity index (χ4v) is 1.76. The number of carbonyl (C=O) groups is 1. The molecule has 0 saturated carbocycles. The van der Waals surface area contributed by atoms with Crippen LogP contribution in [0.1, 0.15) is 12.0 Å². The monoisotopic (exact) mass is 269 g/mol. The number of urea groups is 1. The lowest BCUT2D eigenvalue weighted by molar-refractivity contribution is 0.251. The standard InChI is InChI=1S/C13H20ClN3O/c1-10-9-11(14)5-6-12(10)16-13(18)15-7-4-8-17(2)3/h5-6,9H,4,7-8H2,1-3H3,(H2,15,16,18).